The van der Waals surface area contributed by atoms with E-state index in [1.807, 2.05) is 0 Å². The van der Waals surface area contributed by atoms with Gasteiger partial charge in [-0.2, -0.15) is 0 Å². The van der Waals surface area contributed by atoms with E-state index < -0.39 is 0 Å². The Balaban J connectivity index is 2.04. The van der Waals surface area contributed by atoms with E-state index in [9.17, 15) is 0 Å². The minimum absolute atomic E-state index is 0.720. The van der Waals surface area contributed by atoms with E-state index in [0.29, 0.717) is 0 Å². The molecule has 0 bridgehead atoms. The number of nitrogens with zero attached hydrogens (tertiary/aromatic N) is 1. The molecule has 15 heavy (non-hydrogen) atoms. The zero-order valence-electron chi connectivity index (χ0n) is 10.8. The van der Waals surface area contributed by atoms with Crippen molar-refractivity contribution < 1.29 is 0 Å². The first kappa shape index (κ1) is 13.0. The topological polar surface area (TPSA) is 15.3 Å². The molecule has 0 aromatic heterocycles. The Morgan fingerprint density at radius 1 is 1.07 bits per heavy atom. The second-order valence-corrected chi connectivity index (χ2v) is 5.33. The van der Waals surface area contributed by atoms with E-state index in [1.54, 1.807) is 0 Å². The smallest absolute Gasteiger partial charge is 0.0192 e. The van der Waals surface area contributed by atoms with E-state index in [0.717, 1.165) is 18.5 Å². The van der Waals surface area contributed by atoms with Gasteiger partial charge >= 0.3 is 0 Å². The molecule has 1 atom stereocenters. The highest BCUT2D eigenvalue weighted by atomic mass is 15.2. The fourth-order valence-electron chi connectivity index (χ4n) is 2.19. The molecule has 1 heterocycles. The van der Waals surface area contributed by atoms with Gasteiger partial charge in [-0.3, -0.25) is 4.90 Å². The van der Waals surface area contributed by atoms with Crippen LogP contribution in [0.5, 0.6) is 0 Å². The van der Waals surface area contributed by atoms with Crippen LogP contribution in [-0.2, 0) is 0 Å². The summed E-state index contributed by atoms with van der Waals surface area (Å²) in [6.07, 6.45) is 5.53. The lowest BCUT2D eigenvalue weighted by Crippen LogP contribution is -2.43. The molecule has 2 heteroatoms. The maximum Gasteiger partial charge on any atom is 0.0192 e. The lowest BCUT2D eigenvalue weighted by molar-refractivity contribution is 0.170. The first-order valence-corrected chi connectivity index (χ1v) is 6.65. The zero-order valence-corrected chi connectivity index (χ0v) is 10.8. The van der Waals surface area contributed by atoms with E-state index >= 15 is 0 Å². The van der Waals surface area contributed by atoms with Crippen molar-refractivity contribution in [1.29, 1.82) is 0 Å². The zero-order chi connectivity index (χ0) is 11.1. The normalized spacial score (nSPS) is 20.8. The summed E-state index contributed by atoms with van der Waals surface area (Å²) in [6.45, 7) is 11.9. The molecule has 1 rings (SSSR count). The summed E-state index contributed by atoms with van der Waals surface area (Å²) in [4.78, 5) is 2.63. The Labute approximate surface area is 95.4 Å². The van der Waals surface area contributed by atoms with Crippen LogP contribution in [0.1, 0.15) is 46.5 Å². The number of rotatable bonds is 6. The summed E-state index contributed by atoms with van der Waals surface area (Å²) in [6, 6.07) is 0.720. The van der Waals surface area contributed by atoms with Gasteiger partial charge in [0.05, 0.1) is 0 Å². The molecule has 0 aliphatic carbocycles. The van der Waals surface area contributed by atoms with Gasteiger partial charge in [0.2, 0.25) is 0 Å². The SMILES string of the molecule is CC(C)CCNCC(C)N1CCCCC1. The molecule has 2 nitrogen and oxygen atoms in total. The summed E-state index contributed by atoms with van der Waals surface area (Å²) in [5.74, 6) is 0.822. The summed E-state index contributed by atoms with van der Waals surface area (Å²) in [5.41, 5.74) is 0. The Bertz CT molecular complexity index is 151. The van der Waals surface area contributed by atoms with E-state index in [-0.39, 0.29) is 0 Å². The van der Waals surface area contributed by atoms with Crippen LogP contribution >= 0.6 is 0 Å². The molecular weight excluding hydrogens is 184 g/mol. The molecule has 0 aromatic rings. The number of hydrogen-bond acceptors (Lipinski definition) is 2. The lowest BCUT2D eigenvalue weighted by atomic mass is 10.1. The van der Waals surface area contributed by atoms with Gasteiger partial charge in [0, 0.05) is 12.6 Å². The van der Waals surface area contributed by atoms with Gasteiger partial charge in [-0.15, -0.1) is 0 Å². The first-order valence-electron chi connectivity index (χ1n) is 6.65. The molecule has 0 radical (unpaired) electrons. The van der Waals surface area contributed by atoms with Crippen molar-refractivity contribution in [3.8, 4) is 0 Å². The molecule has 1 aliphatic rings. The van der Waals surface area contributed by atoms with Crippen LogP contribution in [0.4, 0.5) is 0 Å². The molecule has 0 spiro atoms. The second kappa shape index (κ2) is 7.24. The van der Waals surface area contributed by atoms with Crippen molar-refractivity contribution in [2.45, 2.75) is 52.5 Å². The maximum absolute atomic E-state index is 3.57. The minimum atomic E-state index is 0.720. The molecule has 1 unspecified atom stereocenters. The molecule has 90 valence electrons. The second-order valence-electron chi connectivity index (χ2n) is 5.33. The number of piperidine rings is 1. The third-order valence-corrected chi connectivity index (χ3v) is 3.35. The van der Waals surface area contributed by atoms with E-state index in [2.05, 4.69) is 31.0 Å². The first-order chi connectivity index (χ1) is 7.20. The van der Waals surface area contributed by atoms with Gasteiger partial charge < -0.3 is 5.32 Å². The van der Waals surface area contributed by atoms with Crippen LogP contribution in [0.15, 0.2) is 0 Å². The summed E-state index contributed by atoms with van der Waals surface area (Å²) in [5, 5.41) is 3.57. The van der Waals surface area contributed by atoms with Crippen LogP contribution in [0.25, 0.3) is 0 Å². The van der Waals surface area contributed by atoms with Gasteiger partial charge in [-0.1, -0.05) is 20.3 Å². The van der Waals surface area contributed by atoms with Gasteiger partial charge in [0.25, 0.3) is 0 Å². The summed E-state index contributed by atoms with van der Waals surface area (Å²) >= 11 is 0. The van der Waals surface area contributed by atoms with Gasteiger partial charge in [0.1, 0.15) is 0 Å². The molecule has 0 aromatic carbocycles. The number of hydrogen-bond donors (Lipinski definition) is 1. The molecule has 1 saturated heterocycles. The minimum Gasteiger partial charge on any atom is -0.315 e. The largest absolute Gasteiger partial charge is 0.315 e. The highest BCUT2D eigenvalue weighted by Crippen LogP contribution is 2.11. The van der Waals surface area contributed by atoms with Crippen molar-refractivity contribution in [2.75, 3.05) is 26.2 Å². The predicted molar refractivity (Wildman–Crippen MR) is 67.2 cm³/mol. The third-order valence-electron chi connectivity index (χ3n) is 3.35. The van der Waals surface area contributed by atoms with Crippen molar-refractivity contribution in [1.82, 2.24) is 10.2 Å². The Hall–Kier alpha value is -0.0800. The van der Waals surface area contributed by atoms with Crippen LogP contribution in [0.2, 0.25) is 0 Å². The van der Waals surface area contributed by atoms with Crippen molar-refractivity contribution in [2.24, 2.45) is 5.92 Å². The molecule has 0 saturated carbocycles. The quantitative estimate of drug-likeness (QED) is 0.681. The van der Waals surface area contributed by atoms with E-state index in [4.69, 9.17) is 0 Å². The van der Waals surface area contributed by atoms with Crippen LogP contribution < -0.4 is 5.32 Å². The molecule has 1 aliphatic heterocycles. The van der Waals surface area contributed by atoms with Gasteiger partial charge in [0.15, 0.2) is 0 Å². The van der Waals surface area contributed by atoms with Crippen molar-refractivity contribution >= 4 is 0 Å². The van der Waals surface area contributed by atoms with Gasteiger partial charge in [-0.25, -0.2) is 0 Å². The third kappa shape index (κ3) is 5.53. The molecule has 0 amide bonds. The monoisotopic (exact) mass is 212 g/mol. The maximum atomic E-state index is 3.57. The van der Waals surface area contributed by atoms with E-state index in [1.165, 1.54) is 45.3 Å². The number of likely N-dealkylation sites (tertiary alicyclic amines) is 1. The highest BCUT2D eigenvalue weighted by molar-refractivity contribution is 4.73. The van der Waals surface area contributed by atoms with Crippen molar-refractivity contribution in [3.05, 3.63) is 0 Å². The van der Waals surface area contributed by atoms with Crippen LogP contribution in [0.3, 0.4) is 0 Å². The fourth-order valence-corrected chi connectivity index (χ4v) is 2.19. The predicted octanol–water partition coefficient (Wildman–Crippen LogP) is 2.50. The number of nitrogens with one attached hydrogen (secondary N) is 1. The average Bonchev–Trinajstić information content (AvgIpc) is 2.25. The van der Waals surface area contributed by atoms with Crippen LogP contribution in [-0.4, -0.2) is 37.1 Å². The standard InChI is InChI=1S/C13H28N2/c1-12(2)7-8-14-11-13(3)15-9-5-4-6-10-15/h12-14H,4-11H2,1-3H3. The molecule has 1 N–H and O–H groups in total. The molecule has 1 fully saturated rings. The van der Waals surface area contributed by atoms with Crippen molar-refractivity contribution in [3.63, 3.8) is 0 Å². The Morgan fingerprint density at radius 2 is 1.73 bits per heavy atom. The molecular formula is C13H28N2. The summed E-state index contributed by atoms with van der Waals surface area (Å²) in [7, 11) is 0. The Kier molecular flexibility index (Phi) is 6.26. The van der Waals surface area contributed by atoms with Gasteiger partial charge in [-0.05, 0) is 51.7 Å². The highest BCUT2D eigenvalue weighted by Gasteiger charge is 2.15. The summed E-state index contributed by atoms with van der Waals surface area (Å²) < 4.78 is 0. The lowest BCUT2D eigenvalue weighted by Gasteiger charge is -2.32. The van der Waals surface area contributed by atoms with Crippen LogP contribution in [0, 0.1) is 5.92 Å². The fraction of sp³-hybridized carbons (Fsp3) is 1.00. The Morgan fingerprint density at radius 3 is 2.33 bits per heavy atom. The average molecular weight is 212 g/mol.